The van der Waals surface area contributed by atoms with Gasteiger partial charge in [0.15, 0.2) is 17.9 Å². The highest BCUT2D eigenvalue weighted by molar-refractivity contribution is 6.08. The van der Waals surface area contributed by atoms with Gasteiger partial charge in [0.25, 0.3) is 0 Å². The van der Waals surface area contributed by atoms with Gasteiger partial charge in [0.05, 0.1) is 21.1 Å². The smallest absolute Gasteiger partial charge is 0.166 e. The van der Waals surface area contributed by atoms with E-state index >= 15 is 0 Å². The Morgan fingerprint density at radius 1 is 0.879 bits per heavy atom. The zero-order valence-corrected chi connectivity index (χ0v) is 18.2. The number of ether oxygens (including phenoxy) is 2. The summed E-state index contributed by atoms with van der Waals surface area (Å²) in [5.74, 6) is -2.36. The van der Waals surface area contributed by atoms with Crippen LogP contribution in [0.5, 0.6) is 0 Å². The van der Waals surface area contributed by atoms with Crippen molar-refractivity contribution in [2.24, 2.45) is 0 Å². The number of halogens is 3. The van der Waals surface area contributed by atoms with E-state index in [9.17, 15) is 13.2 Å². The molecule has 0 spiro atoms. The summed E-state index contributed by atoms with van der Waals surface area (Å²) in [7, 11) is 5.43. The third kappa shape index (κ3) is 5.07. The second kappa shape index (κ2) is 10.4. The number of benzene rings is 3. The molecule has 4 rings (SSSR count). The van der Waals surface area contributed by atoms with Crippen LogP contribution in [0, 0.1) is 17.5 Å². The second-order valence-corrected chi connectivity index (χ2v) is 8.08. The molecule has 1 fully saturated rings. The summed E-state index contributed by atoms with van der Waals surface area (Å²) in [6.45, 7) is 4.49. The van der Waals surface area contributed by atoms with Gasteiger partial charge in [-0.1, -0.05) is 60.9 Å². The Bertz CT molecular complexity index is 1120. The average molecular weight is 448 g/mol. The van der Waals surface area contributed by atoms with Crippen LogP contribution in [0.1, 0.15) is 29.9 Å². The van der Waals surface area contributed by atoms with E-state index < -0.39 is 11.6 Å². The molecule has 1 aliphatic heterocycles. The molecule has 0 N–H and O–H groups in total. The molecular formula is C27H24BF3O2. The van der Waals surface area contributed by atoms with Crippen LogP contribution in [-0.4, -0.2) is 27.4 Å². The average Bonchev–Trinajstić information content (AvgIpc) is 2.85. The van der Waals surface area contributed by atoms with Crippen molar-refractivity contribution in [1.29, 1.82) is 0 Å². The Hall–Kier alpha value is -2.83. The summed E-state index contributed by atoms with van der Waals surface area (Å²) in [6.07, 6.45) is 3.01. The van der Waals surface area contributed by atoms with E-state index in [1.54, 1.807) is 30.3 Å². The van der Waals surface area contributed by atoms with Crippen LogP contribution < -0.4 is 0 Å². The van der Waals surface area contributed by atoms with Crippen LogP contribution in [0.2, 0.25) is 0 Å². The summed E-state index contributed by atoms with van der Waals surface area (Å²) in [4.78, 5) is 0. The van der Waals surface area contributed by atoms with Crippen LogP contribution in [0.4, 0.5) is 13.2 Å². The van der Waals surface area contributed by atoms with Gasteiger partial charge in [-0.05, 0) is 40.3 Å². The van der Waals surface area contributed by atoms with Gasteiger partial charge < -0.3 is 9.47 Å². The monoisotopic (exact) mass is 448 g/mol. The molecular weight excluding hydrogens is 424 g/mol. The van der Waals surface area contributed by atoms with Crippen molar-refractivity contribution in [3.05, 3.63) is 95.8 Å². The molecule has 1 saturated heterocycles. The minimum Gasteiger partial charge on any atom is -0.352 e. The Kier molecular flexibility index (Phi) is 7.36. The first-order valence-corrected chi connectivity index (χ1v) is 10.9. The number of rotatable bonds is 7. The van der Waals surface area contributed by atoms with Gasteiger partial charge in [-0.3, -0.25) is 0 Å². The quantitative estimate of drug-likeness (QED) is 0.302. The van der Waals surface area contributed by atoms with Gasteiger partial charge in [-0.15, -0.1) is 6.58 Å². The zero-order chi connectivity index (χ0) is 23.4. The molecule has 0 amide bonds. The first kappa shape index (κ1) is 23.3. The Morgan fingerprint density at radius 2 is 1.55 bits per heavy atom. The Morgan fingerprint density at radius 3 is 2.18 bits per heavy atom. The fourth-order valence-electron chi connectivity index (χ4n) is 3.99. The molecule has 0 saturated carbocycles. The fourth-order valence-corrected chi connectivity index (χ4v) is 3.99. The summed E-state index contributed by atoms with van der Waals surface area (Å²) in [6, 6.07) is 15.0. The lowest BCUT2D eigenvalue weighted by atomic mass is 9.93. The van der Waals surface area contributed by atoms with E-state index in [0.717, 1.165) is 18.4 Å². The van der Waals surface area contributed by atoms with Crippen LogP contribution in [0.25, 0.3) is 22.3 Å². The van der Waals surface area contributed by atoms with Crippen LogP contribution >= 0.6 is 0 Å². The van der Waals surface area contributed by atoms with Gasteiger partial charge in [0.1, 0.15) is 5.82 Å². The fraction of sp³-hybridized carbons (Fsp3) is 0.259. The highest BCUT2D eigenvalue weighted by atomic mass is 19.2. The third-order valence-electron chi connectivity index (χ3n) is 5.92. The lowest BCUT2D eigenvalue weighted by molar-refractivity contribution is -0.189. The maximum absolute atomic E-state index is 14.9. The van der Waals surface area contributed by atoms with Crippen LogP contribution in [-0.2, 0) is 15.8 Å². The third-order valence-corrected chi connectivity index (χ3v) is 5.92. The van der Waals surface area contributed by atoms with Crippen molar-refractivity contribution >= 4 is 7.85 Å². The minimum atomic E-state index is -0.931. The number of hydrogen-bond acceptors (Lipinski definition) is 2. The maximum atomic E-state index is 14.9. The highest BCUT2D eigenvalue weighted by Gasteiger charge is 2.25. The predicted molar refractivity (Wildman–Crippen MR) is 125 cm³/mol. The lowest BCUT2D eigenvalue weighted by Crippen LogP contribution is -2.31. The van der Waals surface area contributed by atoms with Gasteiger partial charge in [-0.25, -0.2) is 13.2 Å². The molecule has 6 heteroatoms. The van der Waals surface area contributed by atoms with Crippen molar-refractivity contribution < 1.29 is 22.6 Å². The molecule has 1 heterocycles. The Labute approximate surface area is 193 Å². The Balaban J connectivity index is 1.49. The van der Waals surface area contributed by atoms with Crippen molar-refractivity contribution in [2.75, 3.05) is 13.2 Å². The van der Waals surface area contributed by atoms with E-state index in [2.05, 4.69) is 6.58 Å². The molecule has 3 aromatic carbocycles. The molecule has 0 aromatic heterocycles. The number of hydrogen-bond donors (Lipinski definition) is 0. The van der Waals surface area contributed by atoms with E-state index in [1.165, 1.54) is 18.2 Å². The van der Waals surface area contributed by atoms with Gasteiger partial charge in [0.2, 0.25) is 0 Å². The molecule has 0 bridgehead atoms. The van der Waals surface area contributed by atoms with Crippen LogP contribution in [0.3, 0.4) is 0 Å². The van der Waals surface area contributed by atoms with Crippen molar-refractivity contribution in [3.8, 4) is 22.3 Å². The molecule has 0 atom stereocenters. The van der Waals surface area contributed by atoms with Crippen molar-refractivity contribution in [1.82, 2.24) is 0 Å². The second-order valence-electron chi connectivity index (χ2n) is 8.08. The molecule has 3 aromatic rings. The topological polar surface area (TPSA) is 18.5 Å². The normalized spacial score (nSPS) is 18.3. The maximum Gasteiger partial charge on any atom is 0.166 e. The van der Waals surface area contributed by atoms with Crippen LogP contribution in [0.15, 0.2) is 67.3 Å². The molecule has 168 valence electrons. The standard InChI is InChI=1S/C27H24BF3O2/c1-2-3-4-25-32-15-21(16-33-25)22-11-9-19(13-24(22)29)17-5-7-18(8-6-17)23-12-10-20(14-28)26(30)27(23)31/h2,5-13,21,25H,1,3-4,14-16H2. The van der Waals surface area contributed by atoms with E-state index in [0.29, 0.717) is 29.9 Å². The molecule has 2 nitrogen and oxygen atoms in total. The summed E-state index contributed by atoms with van der Waals surface area (Å²) >= 11 is 0. The minimum absolute atomic E-state index is 0.0709. The largest absolute Gasteiger partial charge is 0.352 e. The summed E-state index contributed by atoms with van der Waals surface area (Å²) in [5, 5.41) is 0. The SMILES string of the molecule is [B]Cc1ccc(-c2ccc(-c3ccc(C4COC(CCC=C)OC4)c(F)c3)cc2)c(F)c1F. The lowest BCUT2D eigenvalue weighted by Gasteiger charge is -2.29. The summed E-state index contributed by atoms with van der Waals surface area (Å²) in [5.41, 5.74) is 2.82. The first-order valence-electron chi connectivity index (χ1n) is 10.9. The summed E-state index contributed by atoms with van der Waals surface area (Å²) < 4.78 is 54.8. The van der Waals surface area contributed by atoms with Crippen molar-refractivity contribution in [3.63, 3.8) is 0 Å². The predicted octanol–water partition coefficient (Wildman–Crippen LogP) is 6.53. The number of allylic oxidation sites excluding steroid dienone is 1. The first-order chi connectivity index (χ1) is 16.0. The van der Waals surface area contributed by atoms with Gasteiger partial charge in [-0.2, -0.15) is 0 Å². The van der Waals surface area contributed by atoms with E-state index in [1.807, 2.05) is 12.1 Å². The highest BCUT2D eigenvalue weighted by Crippen LogP contribution is 2.32. The van der Waals surface area contributed by atoms with Gasteiger partial charge in [0, 0.05) is 17.9 Å². The molecule has 2 radical (unpaired) electrons. The van der Waals surface area contributed by atoms with Crippen molar-refractivity contribution in [2.45, 2.75) is 31.4 Å². The molecule has 0 unspecified atom stereocenters. The molecule has 33 heavy (non-hydrogen) atoms. The van der Waals surface area contributed by atoms with Gasteiger partial charge >= 0.3 is 0 Å². The van der Waals surface area contributed by atoms with E-state index in [-0.39, 0.29) is 35.5 Å². The van der Waals surface area contributed by atoms with E-state index in [4.69, 9.17) is 17.3 Å². The zero-order valence-electron chi connectivity index (χ0n) is 18.2. The molecule has 1 aliphatic rings. The molecule has 0 aliphatic carbocycles.